The number of methoxy groups -OCH3 is 1. The molecule has 3 rings (SSSR count). The Balaban J connectivity index is 2.32. The number of carbonyl (C=O) groups is 1. The fraction of sp³-hybridized carbons (Fsp3) is 0.263. The average molecular weight is 354 g/mol. The number of hydrogen-bond donors (Lipinski definition) is 0. The summed E-state index contributed by atoms with van der Waals surface area (Å²) in [5, 5.41) is 10.6. The lowest BCUT2D eigenvalue weighted by Crippen LogP contribution is -2.30. The van der Waals surface area contributed by atoms with E-state index in [9.17, 15) is 10.1 Å². The number of para-hydroxylation sites is 1. The second-order valence-corrected chi connectivity index (χ2v) is 6.01. The van der Waals surface area contributed by atoms with Gasteiger partial charge in [0.25, 0.3) is 0 Å². The Hall–Kier alpha value is -2.71. The van der Waals surface area contributed by atoms with Crippen LogP contribution >= 0.6 is 11.6 Å². The van der Waals surface area contributed by atoms with Crippen LogP contribution in [0, 0.1) is 17.2 Å². The highest BCUT2D eigenvalue weighted by Crippen LogP contribution is 2.41. The summed E-state index contributed by atoms with van der Waals surface area (Å²) in [5.74, 6) is -1.53. The minimum atomic E-state index is -0.577. The molecule has 1 aliphatic heterocycles. The topological polar surface area (TPSA) is 75.3 Å². The first-order valence-corrected chi connectivity index (χ1v) is 8.31. The molecule has 0 saturated carbocycles. The molecule has 0 radical (unpaired) electrons. The van der Waals surface area contributed by atoms with Gasteiger partial charge in [0.2, 0.25) is 0 Å². The molecule has 0 fully saturated rings. The van der Waals surface area contributed by atoms with Crippen LogP contribution in [0.25, 0.3) is 10.9 Å². The number of hydrogen-bond acceptors (Lipinski definition) is 5. The number of benzene rings is 1. The quantitative estimate of drug-likeness (QED) is 0.624. The van der Waals surface area contributed by atoms with Crippen LogP contribution in [0.4, 0.5) is 0 Å². The van der Waals surface area contributed by atoms with E-state index in [2.05, 4.69) is 16.0 Å². The fourth-order valence-corrected chi connectivity index (χ4v) is 3.48. The Morgan fingerprint density at radius 2 is 2.12 bits per heavy atom. The molecule has 5 nitrogen and oxygen atoms in total. The van der Waals surface area contributed by atoms with Crippen molar-refractivity contribution in [2.24, 2.45) is 10.9 Å². The van der Waals surface area contributed by atoms with Gasteiger partial charge in [-0.05, 0) is 24.6 Å². The van der Waals surface area contributed by atoms with Crippen LogP contribution in [0.2, 0.25) is 0 Å². The average Bonchev–Trinajstić information content (AvgIpc) is 2.66. The number of fused-ring (bicyclic) bond motifs is 1. The van der Waals surface area contributed by atoms with Crippen molar-refractivity contribution < 1.29 is 9.53 Å². The van der Waals surface area contributed by atoms with Crippen molar-refractivity contribution in [3.63, 3.8) is 0 Å². The summed E-state index contributed by atoms with van der Waals surface area (Å²) in [4.78, 5) is 21.2. The third kappa shape index (κ3) is 2.90. The standard InChI is InChI=1S/C19H16ClN3O2/c1-11-14(10-21)17(18(19(24)25-2)16(9-20)23-11)13-7-8-22-15-6-4-3-5-12(13)15/h3-8,14,17H,9H2,1-2H3/t14?,17-/m1/s1. The fourth-order valence-electron chi connectivity index (χ4n) is 3.28. The summed E-state index contributed by atoms with van der Waals surface area (Å²) in [6.07, 6.45) is 1.68. The van der Waals surface area contributed by atoms with E-state index in [4.69, 9.17) is 16.3 Å². The molecule has 25 heavy (non-hydrogen) atoms. The van der Waals surface area contributed by atoms with Gasteiger partial charge in [-0.1, -0.05) is 18.2 Å². The number of pyridine rings is 1. The first-order chi connectivity index (χ1) is 12.1. The van der Waals surface area contributed by atoms with E-state index in [0.717, 1.165) is 16.5 Å². The van der Waals surface area contributed by atoms with Crippen LogP contribution in [0.3, 0.4) is 0 Å². The van der Waals surface area contributed by atoms with Crippen molar-refractivity contribution in [3.8, 4) is 6.07 Å². The maximum Gasteiger partial charge on any atom is 0.336 e. The first kappa shape index (κ1) is 17.1. The van der Waals surface area contributed by atoms with E-state index in [0.29, 0.717) is 17.0 Å². The predicted octanol–water partition coefficient (Wildman–Crippen LogP) is 3.60. The van der Waals surface area contributed by atoms with E-state index in [1.165, 1.54) is 7.11 Å². The molecule has 126 valence electrons. The highest BCUT2D eigenvalue weighted by Gasteiger charge is 2.39. The molecule has 2 heterocycles. The minimum Gasteiger partial charge on any atom is -0.466 e. The Morgan fingerprint density at radius 3 is 2.80 bits per heavy atom. The zero-order chi connectivity index (χ0) is 18.0. The third-order valence-electron chi connectivity index (χ3n) is 4.41. The number of ether oxygens (including phenoxy) is 1. The number of halogens is 1. The smallest absolute Gasteiger partial charge is 0.336 e. The van der Waals surface area contributed by atoms with Crippen molar-refractivity contribution in [1.82, 2.24) is 4.98 Å². The number of allylic oxidation sites excluding steroid dienone is 1. The summed E-state index contributed by atoms with van der Waals surface area (Å²) in [5.41, 5.74) is 3.06. The third-order valence-corrected chi connectivity index (χ3v) is 4.66. The van der Waals surface area contributed by atoms with Gasteiger partial charge in [0.1, 0.15) is 0 Å². The summed E-state index contributed by atoms with van der Waals surface area (Å²) < 4.78 is 4.96. The predicted molar refractivity (Wildman–Crippen MR) is 96.5 cm³/mol. The Morgan fingerprint density at radius 1 is 1.36 bits per heavy atom. The number of nitriles is 1. The summed E-state index contributed by atoms with van der Waals surface area (Å²) in [6.45, 7) is 1.78. The zero-order valence-electron chi connectivity index (χ0n) is 13.9. The van der Waals surface area contributed by atoms with E-state index in [1.54, 1.807) is 13.1 Å². The number of nitrogens with zero attached hydrogens (tertiary/aromatic N) is 3. The summed E-state index contributed by atoms with van der Waals surface area (Å²) in [7, 11) is 1.31. The molecule has 6 heteroatoms. The molecule has 0 spiro atoms. The van der Waals surface area contributed by atoms with Crippen LogP contribution in [0.15, 0.2) is 52.8 Å². The van der Waals surface area contributed by atoms with Crippen LogP contribution in [0.1, 0.15) is 18.4 Å². The normalized spacial score (nSPS) is 20.2. The molecular weight excluding hydrogens is 338 g/mol. The largest absolute Gasteiger partial charge is 0.466 e. The SMILES string of the molecule is COC(=O)C1=C(CCl)N=C(C)C(C#N)[C@H]1c1ccnc2ccccc12. The molecule has 0 saturated heterocycles. The van der Waals surface area contributed by atoms with Crippen LogP contribution in [-0.4, -0.2) is 29.7 Å². The number of aliphatic imine (C=N–C) groups is 1. The van der Waals surface area contributed by atoms with E-state index in [-0.39, 0.29) is 5.88 Å². The highest BCUT2D eigenvalue weighted by atomic mass is 35.5. The van der Waals surface area contributed by atoms with E-state index >= 15 is 0 Å². The maximum atomic E-state index is 12.5. The molecule has 1 unspecified atom stereocenters. The van der Waals surface area contributed by atoms with Gasteiger partial charge in [0, 0.05) is 23.2 Å². The Bertz CT molecular complexity index is 938. The van der Waals surface area contributed by atoms with Gasteiger partial charge in [0.05, 0.1) is 41.8 Å². The van der Waals surface area contributed by atoms with Crippen molar-refractivity contribution >= 4 is 34.2 Å². The number of carbonyl (C=O) groups excluding carboxylic acids is 1. The van der Waals surface area contributed by atoms with Crippen molar-refractivity contribution in [2.45, 2.75) is 12.8 Å². The monoisotopic (exact) mass is 353 g/mol. The van der Waals surface area contributed by atoms with Crippen LogP contribution in [0.5, 0.6) is 0 Å². The molecule has 0 bridgehead atoms. The van der Waals surface area contributed by atoms with Crippen molar-refractivity contribution in [3.05, 3.63) is 53.4 Å². The summed E-state index contributed by atoms with van der Waals surface area (Å²) in [6, 6.07) is 11.8. The number of alkyl halides is 1. The lowest BCUT2D eigenvalue weighted by Gasteiger charge is -2.29. The lowest BCUT2D eigenvalue weighted by molar-refractivity contribution is -0.136. The second-order valence-electron chi connectivity index (χ2n) is 5.74. The maximum absolute atomic E-state index is 12.5. The molecule has 0 amide bonds. The first-order valence-electron chi connectivity index (χ1n) is 7.78. The van der Waals surface area contributed by atoms with Crippen LogP contribution < -0.4 is 0 Å². The zero-order valence-corrected chi connectivity index (χ0v) is 14.6. The molecule has 1 aromatic heterocycles. The number of esters is 1. The molecule has 2 aromatic rings. The van der Waals surface area contributed by atoms with E-state index in [1.807, 2.05) is 30.3 Å². The Labute approximate surface area is 150 Å². The molecule has 0 aliphatic carbocycles. The van der Waals surface area contributed by atoms with Crippen molar-refractivity contribution in [2.75, 3.05) is 13.0 Å². The molecule has 0 N–H and O–H groups in total. The van der Waals surface area contributed by atoms with Crippen LogP contribution in [-0.2, 0) is 9.53 Å². The summed E-state index contributed by atoms with van der Waals surface area (Å²) >= 11 is 6.04. The molecular formula is C19H16ClN3O2. The number of aromatic nitrogens is 1. The molecule has 1 aromatic carbocycles. The molecule has 2 atom stereocenters. The second kappa shape index (κ2) is 7.04. The van der Waals surface area contributed by atoms with Gasteiger partial charge in [-0.15, -0.1) is 11.6 Å². The lowest BCUT2D eigenvalue weighted by atomic mass is 9.75. The van der Waals surface area contributed by atoms with Gasteiger partial charge in [-0.2, -0.15) is 5.26 Å². The molecule has 1 aliphatic rings. The minimum absolute atomic E-state index is 0.0689. The number of rotatable bonds is 3. The van der Waals surface area contributed by atoms with Gasteiger partial charge in [0.15, 0.2) is 0 Å². The van der Waals surface area contributed by atoms with Gasteiger partial charge in [-0.3, -0.25) is 9.98 Å². The van der Waals surface area contributed by atoms with Gasteiger partial charge in [-0.25, -0.2) is 4.79 Å². The van der Waals surface area contributed by atoms with Gasteiger partial charge < -0.3 is 4.74 Å². The van der Waals surface area contributed by atoms with Gasteiger partial charge >= 0.3 is 5.97 Å². The highest BCUT2D eigenvalue weighted by molar-refractivity contribution is 6.20. The van der Waals surface area contributed by atoms with Crippen molar-refractivity contribution in [1.29, 1.82) is 5.26 Å². The Kier molecular flexibility index (Phi) is 4.82. The van der Waals surface area contributed by atoms with E-state index < -0.39 is 17.8 Å².